The second-order valence-electron chi connectivity index (χ2n) is 30.1. The minimum atomic E-state index is -1.62. The first kappa shape index (κ1) is 93.2. The normalized spacial score (nSPS) is 12.8. The summed E-state index contributed by atoms with van der Waals surface area (Å²) in [5, 5.41) is 11.9. The molecule has 9 nitrogen and oxygen atoms in total. The Morgan fingerprint density at radius 2 is 0.594 bits per heavy atom. The Morgan fingerprint density at radius 1 is 0.323 bits per heavy atom. The third kappa shape index (κ3) is 78.6. The molecule has 0 aromatic rings. The summed E-state index contributed by atoms with van der Waals surface area (Å²) in [4.78, 5) is 37.6. The molecule has 0 radical (unpaired) electrons. The lowest BCUT2D eigenvalue weighted by atomic mass is 10.0. The third-order valence-electron chi connectivity index (χ3n) is 19.3. The average molecular weight is 1350 g/mol. The molecular formula is C87H163NO8. The molecule has 0 saturated heterocycles. The Morgan fingerprint density at radius 3 is 0.885 bits per heavy atom. The Hall–Kier alpha value is -2.75. The van der Waals surface area contributed by atoms with Crippen LogP contribution in [0, 0.1) is 0 Å². The number of rotatable bonds is 80. The highest BCUT2D eigenvalue weighted by Crippen LogP contribution is 2.21. The zero-order valence-corrected chi connectivity index (χ0v) is 64.8. The van der Waals surface area contributed by atoms with Gasteiger partial charge in [0.2, 0.25) is 0 Å². The molecule has 0 rings (SSSR count). The lowest BCUT2D eigenvalue weighted by molar-refractivity contribution is -0.870. The van der Waals surface area contributed by atoms with Gasteiger partial charge in [-0.05, 0) is 51.4 Å². The topological polar surface area (TPSA) is 111 Å². The number of quaternary nitrogens is 1. The summed E-state index contributed by atoms with van der Waals surface area (Å²) in [5.41, 5.74) is 0. The van der Waals surface area contributed by atoms with E-state index < -0.39 is 24.3 Å². The van der Waals surface area contributed by atoms with Gasteiger partial charge in [0.05, 0.1) is 40.3 Å². The van der Waals surface area contributed by atoms with Crippen molar-refractivity contribution in [1.29, 1.82) is 0 Å². The molecule has 0 aromatic heterocycles. The van der Waals surface area contributed by atoms with E-state index in [0.717, 1.165) is 64.2 Å². The fourth-order valence-electron chi connectivity index (χ4n) is 12.9. The maximum Gasteiger partial charge on any atom is 0.306 e. The standard InChI is InChI=1S/C87H163NO8/c1-6-8-10-12-14-16-18-20-22-24-26-28-30-32-34-36-38-40-42-43-44-46-48-50-52-54-56-58-60-62-64-66-68-70-72-74-76-78-85(90)96-83(82-95-87(86(91)92)93-80-79-88(3,4)5)81-94-84(89)77-75-73-71-69-67-65-63-61-59-57-55-53-51-49-47-45-41-39-37-35-33-31-29-27-25-23-21-19-17-15-13-11-9-7-2/h8,10,14,16,20,22,26,28,83,87H,6-7,9,11-13,15,17-19,21,23-25,27,29-82H2,1-5H3/b10-8-,16-14-,22-20-,28-26-. The van der Waals surface area contributed by atoms with Gasteiger partial charge in [-0.15, -0.1) is 0 Å². The van der Waals surface area contributed by atoms with Crippen LogP contribution in [0.5, 0.6) is 0 Å². The van der Waals surface area contributed by atoms with Crippen molar-refractivity contribution in [3.8, 4) is 0 Å². The number of likely N-dealkylation sites (N-methyl/N-ethyl adjacent to an activating group) is 1. The molecule has 0 fully saturated rings. The van der Waals surface area contributed by atoms with Gasteiger partial charge in [0.15, 0.2) is 12.4 Å². The first-order valence-electron chi connectivity index (χ1n) is 42.3. The minimum Gasteiger partial charge on any atom is -0.545 e. The molecule has 0 spiro atoms. The number of esters is 2. The Labute approximate surface area is 597 Å². The van der Waals surface area contributed by atoms with Gasteiger partial charge in [-0.2, -0.15) is 0 Å². The van der Waals surface area contributed by atoms with Crippen molar-refractivity contribution >= 4 is 17.9 Å². The van der Waals surface area contributed by atoms with Gasteiger partial charge < -0.3 is 33.3 Å². The number of allylic oxidation sites excluding steroid dienone is 8. The number of carboxylic acids is 1. The predicted octanol–water partition coefficient (Wildman–Crippen LogP) is 25.9. The van der Waals surface area contributed by atoms with Crippen molar-refractivity contribution < 1.29 is 42.9 Å². The molecule has 2 unspecified atom stereocenters. The molecule has 0 aliphatic heterocycles. The van der Waals surface area contributed by atoms with E-state index >= 15 is 0 Å². The van der Waals surface area contributed by atoms with Gasteiger partial charge >= 0.3 is 11.9 Å². The van der Waals surface area contributed by atoms with Crippen molar-refractivity contribution in [2.24, 2.45) is 0 Å². The predicted molar refractivity (Wildman–Crippen MR) is 412 cm³/mol. The number of ether oxygens (including phenoxy) is 4. The summed E-state index contributed by atoms with van der Waals surface area (Å²) < 4.78 is 22.9. The molecule has 0 aromatic carbocycles. The first-order valence-corrected chi connectivity index (χ1v) is 42.3. The zero-order chi connectivity index (χ0) is 69.7. The monoisotopic (exact) mass is 1350 g/mol. The van der Waals surface area contributed by atoms with Gasteiger partial charge in [0.1, 0.15) is 13.2 Å². The summed E-state index contributed by atoms with van der Waals surface area (Å²) in [5.74, 6) is -2.25. The van der Waals surface area contributed by atoms with E-state index in [4.69, 9.17) is 18.9 Å². The number of aliphatic carboxylic acids is 1. The van der Waals surface area contributed by atoms with Crippen molar-refractivity contribution in [2.75, 3.05) is 47.5 Å². The van der Waals surface area contributed by atoms with Crippen LogP contribution in [-0.2, 0) is 33.3 Å². The van der Waals surface area contributed by atoms with Crippen LogP contribution >= 0.6 is 0 Å². The Kier molecular flexibility index (Phi) is 75.7. The Balaban J connectivity index is 3.93. The molecule has 0 amide bonds. The molecule has 0 heterocycles. The third-order valence-corrected chi connectivity index (χ3v) is 19.3. The molecule has 0 aliphatic carbocycles. The van der Waals surface area contributed by atoms with Gasteiger partial charge in [-0.3, -0.25) is 9.59 Å². The maximum absolute atomic E-state index is 13.0. The van der Waals surface area contributed by atoms with Crippen LogP contribution in [0.1, 0.15) is 431 Å². The molecule has 9 heteroatoms. The lowest BCUT2D eigenvalue weighted by Gasteiger charge is -2.26. The van der Waals surface area contributed by atoms with Gasteiger partial charge in [0, 0.05) is 12.8 Å². The average Bonchev–Trinajstić information content (AvgIpc) is 2.74. The molecule has 96 heavy (non-hydrogen) atoms. The number of unbranched alkanes of at least 4 members (excludes halogenated alkanes) is 57. The second kappa shape index (κ2) is 78.0. The SMILES string of the molecule is CC/C=C\C/C=C\C/C=C\C/C=C\CCCCCCCCCCCCCCCCCCCCCCCCCCC(=O)OC(COC(=O)CCCCCCCCCCCCCCCCCCCCCCCCCCCCCCCCCCCC)COC(OCC[N+](C)(C)C)C(=O)[O-]. The summed E-state index contributed by atoms with van der Waals surface area (Å²) in [6.07, 6.45) is 99.8. The van der Waals surface area contributed by atoms with E-state index in [1.54, 1.807) is 0 Å². The fourth-order valence-corrected chi connectivity index (χ4v) is 12.9. The quantitative estimate of drug-likeness (QED) is 0.0195. The molecule has 2 atom stereocenters. The van der Waals surface area contributed by atoms with Crippen LogP contribution in [0.2, 0.25) is 0 Å². The molecule has 0 bridgehead atoms. The minimum absolute atomic E-state index is 0.151. The number of hydrogen-bond acceptors (Lipinski definition) is 8. The van der Waals surface area contributed by atoms with Crippen LogP contribution in [0.25, 0.3) is 0 Å². The number of nitrogens with zero attached hydrogens (tertiary/aromatic N) is 1. The van der Waals surface area contributed by atoms with Crippen LogP contribution in [0.3, 0.4) is 0 Å². The van der Waals surface area contributed by atoms with Crippen LogP contribution in [-0.4, -0.2) is 82.3 Å². The van der Waals surface area contributed by atoms with Gasteiger partial charge in [-0.25, -0.2) is 0 Å². The summed E-state index contributed by atoms with van der Waals surface area (Å²) in [6, 6.07) is 0. The lowest BCUT2D eigenvalue weighted by Crippen LogP contribution is -2.44. The largest absolute Gasteiger partial charge is 0.545 e. The van der Waals surface area contributed by atoms with Gasteiger partial charge in [-0.1, -0.05) is 416 Å². The van der Waals surface area contributed by atoms with Crippen molar-refractivity contribution in [3.63, 3.8) is 0 Å². The van der Waals surface area contributed by atoms with E-state index in [2.05, 4.69) is 62.5 Å². The molecule has 0 saturated carbocycles. The fraction of sp³-hybridized carbons (Fsp3) is 0.874. The van der Waals surface area contributed by atoms with Crippen molar-refractivity contribution in [1.82, 2.24) is 0 Å². The highest BCUT2D eigenvalue weighted by atomic mass is 16.7. The number of carbonyl (C=O) groups is 3. The number of carbonyl (C=O) groups excluding carboxylic acids is 3. The van der Waals surface area contributed by atoms with E-state index in [-0.39, 0.29) is 32.2 Å². The Bertz CT molecular complexity index is 1720. The number of carboxylic acid groups (broad SMARTS) is 1. The highest BCUT2D eigenvalue weighted by molar-refractivity contribution is 5.70. The highest BCUT2D eigenvalue weighted by Gasteiger charge is 2.22. The summed E-state index contributed by atoms with van der Waals surface area (Å²) in [6.45, 7) is 4.72. The number of hydrogen-bond donors (Lipinski definition) is 0. The zero-order valence-electron chi connectivity index (χ0n) is 64.8. The van der Waals surface area contributed by atoms with E-state index in [1.807, 2.05) is 21.1 Å². The van der Waals surface area contributed by atoms with Crippen molar-refractivity contribution in [2.45, 2.75) is 444 Å². The second-order valence-corrected chi connectivity index (χ2v) is 30.1. The smallest absolute Gasteiger partial charge is 0.306 e. The van der Waals surface area contributed by atoms with E-state index in [9.17, 15) is 19.5 Å². The molecule has 564 valence electrons. The van der Waals surface area contributed by atoms with Crippen molar-refractivity contribution in [3.05, 3.63) is 48.6 Å². The molecular weight excluding hydrogens is 1190 g/mol. The summed E-state index contributed by atoms with van der Waals surface area (Å²) in [7, 11) is 5.96. The van der Waals surface area contributed by atoms with E-state index in [1.165, 1.54) is 340 Å². The molecule has 0 N–H and O–H groups in total. The maximum atomic E-state index is 13.0. The van der Waals surface area contributed by atoms with Crippen LogP contribution < -0.4 is 5.11 Å². The van der Waals surface area contributed by atoms with Crippen LogP contribution in [0.4, 0.5) is 0 Å². The first-order chi connectivity index (χ1) is 47.1. The van der Waals surface area contributed by atoms with E-state index in [0.29, 0.717) is 17.4 Å². The van der Waals surface area contributed by atoms with Gasteiger partial charge in [0.25, 0.3) is 0 Å². The van der Waals surface area contributed by atoms with Crippen LogP contribution in [0.15, 0.2) is 48.6 Å². The summed E-state index contributed by atoms with van der Waals surface area (Å²) >= 11 is 0. The molecule has 0 aliphatic rings.